The number of nitrogens with one attached hydrogen (secondary N) is 2. The third kappa shape index (κ3) is 5.68. The molecule has 0 radical (unpaired) electrons. The lowest BCUT2D eigenvalue weighted by Gasteiger charge is -2.32. The summed E-state index contributed by atoms with van der Waals surface area (Å²) in [6.07, 6.45) is 5.62. The molecule has 0 aromatic heterocycles. The Morgan fingerprint density at radius 2 is 1.64 bits per heavy atom. The second-order valence-electron chi connectivity index (χ2n) is 5.58. The second kappa shape index (κ2) is 10.2. The lowest BCUT2D eigenvalue weighted by atomic mass is 9.89. The van der Waals surface area contributed by atoms with Crippen molar-refractivity contribution < 1.29 is 9.53 Å². The van der Waals surface area contributed by atoms with E-state index in [0.29, 0.717) is 6.61 Å². The van der Waals surface area contributed by atoms with Crippen molar-refractivity contribution in [3.8, 4) is 0 Å². The summed E-state index contributed by atoms with van der Waals surface area (Å²) in [5, 5.41) is 0. The Hall–Kier alpha value is -1.55. The summed E-state index contributed by atoms with van der Waals surface area (Å²) >= 11 is 0. The molecule has 1 aromatic rings. The number of unbranched alkanes of at least 4 members (excludes halogenated alkanes) is 2. The van der Waals surface area contributed by atoms with Crippen LogP contribution in [0.2, 0.25) is 0 Å². The first kappa shape index (κ1) is 18.5. The number of ether oxygens (including phenoxy) is 1. The van der Waals surface area contributed by atoms with Crippen LogP contribution in [0.5, 0.6) is 0 Å². The van der Waals surface area contributed by atoms with E-state index in [1.165, 1.54) is 0 Å². The summed E-state index contributed by atoms with van der Waals surface area (Å²) in [6.45, 7) is 6.77. The summed E-state index contributed by atoms with van der Waals surface area (Å²) in [4.78, 5) is 12.7. The zero-order valence-electron chi connectivity index (χ0n) is 14.2. The standard InChI is InChI=1S/C18H30N2O2/c1-4-7-14-18(22-6-3,15-8-5-2)17(21)20-19-16-12-10-9-11-13-16/h9-13,19H,4-8,14-15H2,1-3H3,(H,20,21). The Morgan fingerprint density at radius 3 is 2.14 bits per heavy atom. The molecule has 4 heteroatoms. The van der Waals surface area contributed by atoms with Gasteiger partial charge in [0.15, 0.2) is 0 Å². The normalized spacial score (nSPS) is 11.2. The predicted molar refractivity (Wildman–Crippen MR) is 91.6 cm³/mol. The fraction of sp³-hybridized carbons (Fsp3) is 0.611. The minimum absolute atomic E-state index is 0.0693. The number of benzene rings is 1. The van der Waals surface area contributed by atoms with E-state index in [9.17, 15) is 4.79 Å². The lowest BCUT2D eigenvalue weighted by Crippen LogP contribution is -2.50. The van der Waals surface area contributed by atoms with E-state index >= 15 is 0 Å². The number of hydrogen-bond donors (Lipinski definition) is 2. The maximum Gasteiger partial charge on any atom is 0.270 e. The fourth-order valence-corrected chi connectivity index (χ4v) is 2.53. The zero-order valence-corrected chi connectivity index (χ0v) is 14.2. The molecule has 1 aromatic carbocycles. The third-order valence-electron chi connectivity index (χ3n) is 3.80. The Balaban J connectivity index is 2.75. The van der Waals surface area contributed by atoms with Crippen molar-refractivity contribution in [3.05, 3.63) is 30.3 Å². The first-order chi connectivity index (χ1) is 10.7. The summed E-state index contributed by atoms with van der Waals surface area (Å²) in [6, 6.07) is 9.64. The van der Waals surface area contributed by atoms with E-state index in [0.717, 1.165) is 44.2 Å². The Labute approximate surface area is 134 Å². The van der Waals surface area contributed by atoms with Crippen molar-refractivity contribution in [1.82, 2.24) is 5.43 Å². The fourth-order valence-electron chi connectivity index (χ4n) is 2.53. The maximum atomic E-state index is 12.7. The molecule has 1 rings (SSSR count). The van der Waals surface area contributed by atoms with Crippen LogP contribution < -0.4 is 10.9 Å². The highest BCUT2D eigenvalue weighted by molar-refractivity contribution is 5.86. The molecule has 0 unspecified atom stereocenters. The van der Waals surface area contributed by atoms with Crippen molar-refractivity contribution in [2.24, 2.45) is 0 Å². The molecular weight excluding hydrogens is 276 g/mol. The van der Waals surface area contributed by atoms with Crippen LogP contribution in [0.4, 0.5) is 5.69 Å². The van der Waals surface area contributed by atoms with Crippen LogP contribution in [-0.2, 0) is 9.53 Å². The Kier molecular flexibility index (Phi) is 8.60. The van der Waals surface area contributed by atoms with Gasteiger partial charge in [0.1, 0.15) is 5.60 Å². The molecule has 22 heavy (non-hydrogen) atoms. The van der Waals surface area contributed by atoms with E-state index in [2.05, 4.69) is 24.7 Å². The van der Waals surface area contributed by atoms with Gasteiger partial charge in [0, 0.05) is 6.61 Å². The monoisotopic (exact) mass is 306 g/mol. The molecule has 0 fully saturated rings. The molecule has 0 heterocycles. The molecule has 2 N–H and O–H groups in total. The summed E-state index contributed by atoms with van der Waals surface area (Å²) < 4.78 is 5.93. The van der Waals surface area contributed by atoms with Crippen LogP contribution in [0, 0.1) is 0 Å². The molecule has 0 bridgehead atoms. The molecule has 0 aliphatic rings. The molecular formula is C18H30N2O2. The van der Waals surface area contributed by atoms with Gasteiger partial charge in [0.2, 0.25) is 0 Å². The highest BCUT2D eigenvalue weighted by Gasteiger charge is 2.38. The van der Waals surface area contributed by atoms with Crippen LogP contribution in [-0.4, -0.2) is 18.1 Å². The van der Waals surface area contributed by atoms with Crippen LogP contribution in [0.15, 0.2) is 30.3 Å². The van der Waals surface area contributed by atoms with Crippen LogP contribution >= 0.6 is 0 Å². The molecule has 4 nitrogen and oxygen atoms in total. The highest BCUT2D eigenvalue weighted by Crippen LogP contribution is 2.26. The van der Waals surface area contributed by atoms with E-state index in [1.54, 1.807) is 0 Å². The summed E-state index contributed by atoms with van der Waals surface area (Å²) in [5.41, 5.74) is 5.96. The van der Waals surface area contributed by atoms with Gasteiger partial charge in [-0.1, -0.05) is 57.7 Å². The average molecular weight is 306 g/mol. The number of carbonyl (C=O) groups excluding carboxylic acids is 1. The molecule has 0 aliphatic carbocycles. The average Bonchev–Trinajstić information content (AvgIpc) is 2.56. The van der Waals surface area contributed by atoms with Crippen molar-refractivity contribution in [2.75, 3.05) is 12.0 Å². The molecule has 1 amide bonds. The minimum Gasteiger partial charge on any atom is -0.365 e. The molecule has 124 valence electrons. The van der Waals surface area contributed by atoms with Gasteiger partial charge < -0.3 is 4.74 Å². The molecule has 0 aliphatic heterocycles. The number of rotatable bonds is 11. The maximum absolute atomic E-state index is 12.7. The topological polar surface area (TPSA) is 50.4 Å². The van der Waals surface area contributed by atoms with Gasteiger partial charge in [-0.25, -0.2) is 0 Å². The van der Waals surface area contributed by atoms with Crippen molar-refractivity contribution in [2.45, 2.75) is 64.9 Å². The van der Waals surface area contributed by atoms with Gasteiger partial charge in [0.25, 0.3) is 5.91 Å². The SMILES string of the molecule is CCCCC(CCCC)(OCC)C(=O)NNc1ccccc1. The number of para-hydroxylation sites is 1. The number of hydrazine groups is 1. The Bertz CT molecular complexity index is 412. The molecule has 0 saturated heterocycles. The number of carbonyl (C=O) groups is 1. The van der Waals surface area contributed by atoms with Crippen LogP contribution in [0.25, 0.3) is 0 Å². The molecule has 0 saturated carbocycles. The van der Waals surface area contributed by atoms with E-state index in [-0.39, 0.29) is 5.91 Å². The minimum atomic E-state index is -0.720. The van der Waals surface area contributed by atoms with Crippen LogP contribution in [0.3, 0.4) is 0 Å². The number of hydrogen-bond acceptors (Lipinski definition) is 3. The molecule has 0 spiro atoms. The van der Waals surface area contributed by atoms with Gasteiger partial charge in [-0.3, -0.25) is 15.6 Å². The Morgan fingerprint density at radius 1 is 1.05 bits per heavy atom. The smallest absolute Gasteiger partial charge is 0.270 e. The van der Waals surface area contributed by atoms with Gasteiger partial charge in [-0.2, -0.15) is 0 Å². The second-order valence-corrected chi connectivity index (χ2v) is 5.58. The first-order valence-electron chi connectivity index (χ1n) is 8.44. The zero-order chi connectivity index (χ0) is 16.3. The van der Waals surface area contributed by atoms with E-state index in [1.807, 2.05) is 37.3 Å². The first-order valence-corrected chi connectivity index (χ1v) is 8.44. The van der Waals surface area contributed by atoms with Crippen molar-refractivity contribution in [1.29, 1.82) is 0 Å². The van der Waals surface area contributed by atoms with E-state index in [4.69, 9.17) is 4.74 Å². The van der Waals surface area contributed by atoms with Gasteiger partial charge in [-0.15, -0.1) is 0 Å². The van der Waals surface area contributed by atoms with E-state index < -0.39 is 5.60 Å². The molecule has 0 atom stereocenters. The number of amides is 1. The summed E-state index contributed by atoms with van der Waals surface area (Å²) in [5.74, 6) is -0.0693. The summed E-state index contributed by atoms with van der Waals surface area (Å²) in [7, 11) is 0. The third-order valence-corrected chi connectivity index (χ3v) is 3.80. The highest BCUT2D eigenvalue weighted by atomic mass is 16.5. The lowest BCUT2D eigenvalue weighted by molar-refractivity contribution is -0.149. The quantitative estimate of drug-likeness (QED) is 0.600. The predicted octanol–water partition coefficient (Wildman–Crippen LogP) is 4.29. The number of anilines is 1. The van der Waals surface area contributed by atoms with Crippen molar-refractivity contribution >= 4 is 11.6 Å². The van der Waals surface area contributed by atoms with Crippen molar-refractivity contribution in [3.63, 3.8) is 0 Å². The van der Waals surface area contributed by atoms with Gasteiger partial charge in [0.05, 0.1) is 5.69 Å². The largest absolute Gasteiger partial charge is 0.365 e. The van der Waals surface area contributed by atoms with Gasteiger partial charge in [-0.05, 0) is 31.9 Å². The van der Waals surface area contributed by atoms with Gasteiger partial charge >= 0.3 is 0 Å². The van der Waals surface area contributed by atoms with Crippen LogP contribution in [0.1, 0.15) is 59.3 Å².